The van der Waals surface area contributed by atoms with Gasteiger partial charge in [-0.05, 0) is 49.4 Å². The highest BCUT2D eigenvalue weighted by molar-refractivity contribution is 5.38. The van der Waals surface area contributed by atoms with Gasteiger partial charge in [-0.15, -0.1) is 0 Å². The first kappa shape index (κ1) is 12.9. The van der Waals surface area contributed by atoms with Crippen molar-refractivity contribution in [1.82, 2.24) is 9.97 Å². The average Bonchev–Trinajstić information content (AvgIpc) is 2.92. The number of fused-ring (bicyclic) bond motifs is 1. The molecule has 0 spiro atoms. The van der Waals surface area contributed by atoms with E-state index >= 15 is 0 Å². The van der Waals surface area contributed by atoms with E-state index in [4.69, 9.17) is 10.6 Å². The Morgan fingerprint density at radius 1 is 1.20 bits per heavy atom. The number of aromatic nitrogens is 2. The van der Waals surface area contributed by atoms with E-state index < -0.39 is 0 Å². The number of anilines is 1. The van der Waals surface area contributed by atoms with Crippen molar-refractivity contribution in [1.29, 1.82) is 0 Å². The quantitative estimate of drug-likeness (QED) is 0.657. The number of hydrogen-bond donors (Lipinski definition) is 2. The lowest BCUT2D eigenvalue weighted by Gasteiger charge is -2.09. The molecule has 104 valence electrons. The smallest absolute Gasteiger partial charge is 0.168 e. The summed E-state index contributed by atoms with van der Waals surface area (Å²) in [6.07, 6.45) is 3.57. The van der Waals surface area contributed by atoms with Crippen LogP contribution in [0.3, 0.4) is 0 Å². The Kier molecular flexibility index (Phi) is 3.52. The second-order valence-electron chi connectivity index (χ2n) is 5.03. The van der Waals surface area contributed by atoms with Crippen molar-refractivity contribution >= 4 is 5.82 Å². The summed E-state index contributed by atoms with van der Waals surface area (Å²) in [4.78, 5) is 8.61. The summed E-state index contributed by atoms with van der Waals surface area (Å²) in [7, 11) is 0. The molecule has 2 aromatic rings. The monoisotopic (exact) mass is 270 g/mol. The van der Waals surface area contributed by atoms with E-state index in [1.165, 1.54) is 24.0 Å². The van der Waals surface area contributed by atoms with Gasteiger partial charge in [-0.2, -0.15) is 0 Å². The van der Waals surface area contributed by atoms with Crippen molar-refractivity contribution in [3.05, 3.63) is 46.9 Å². The minimum atomic E-state index is 0.342. The topological polar surface area (TPSA) is 73.1 Å². The molecule has 0 aliphatic heterocycles. The largest absolute Gasteiger partial charge is 0.486 e. The number of nitrogen functional groups attached to an aromatic ring is 1. The Labute approximate surface area is 118 Å². The predicted octanol–water partition coefficient (Wildman–Crippen LogP) is 2.14. The maximum absolute atomic E-state index is 5.78. The SMILES string of the molecule is Cc1cc(NN)nc(COc2ccc3c(c2)CCC3)n1. The van der Waals surface area contributed by atoms with Crippen LogP contribution < -0.4 is 16.0 Å². The maximum Gasteiger partial charge on any atom is 0.168 e. The zero-order chi connectivity index (χ0) is 13.9. The van der Waals surface area contributed by atoms with Gasteiger partial charge in [0.25, 0.3) is 0 Å². The lowest BCUT2D eigenvalue weighted by Crippen LogP contribution is -2.12. The summed E-state index contributed by atoms with van der Waals surface area (Å²) >= 11 is 0. The van der Waals surface area contributed by atoms with Crippen molar-refractivity contribution in [2.24, 2.45) is 5.84 Å². The second-order valence-corrected chi connectivity index (χ2v) is 5.03. The third-order valence-corrected chi connectivity index (χ3v) is 3.49. The molecule has 1 aromatic heterocycles. The number of aryl methyl sites for hydroxylation is 3. The maximum atomic E-state index is 5.78. The fraction of sp³-hybridized carbons (Fsp3) is 0.333. The summed E-state index contributed by atoms with van der Waals surface area (Å²) in [6.45, 7) is 2.25. The molecule has 0 radical (unpaired) electrons. The van der Waals surface area contributed by atoms with Crippen molar-refractivity contribution < 1.29 is 4.74 Å². The zero-order valence-electron chi connectivity index (χ0n) is 11.5. The van der Waals surface area contributed by atoms with Crippen LogP contribution in [0.5, 0.6) is 5.75 Å². The molecule has 1 aromatic carbocycles. The Hall–Kier alpha value is -2.14. The Morgan fingerprint density at radius 2 is 2.05 bits per heavy atom. The average molecular weight is 270 g/mol. The van der Waals surface area contributed by atoms with E-state index in [2.05, 4.69) is 27.5 Å². The Bertz CT molecular complexity index is 627. The molecule has 20 heavy (non-hydrogen) atoms. The van der Waals surface area contributed by atoms with Crippen LogP contribution in [0.2, 0.25) is 0 Å². The first-order valence-corrected chi connectivity index (χ1v) is 6.80. The van der Waals surface area contributed by atoms with Crippen molar-refractivity contribution in [3.63, 3.8) is 0 Å². The van der Waals surface area contributed by atoms with Gasteiger partial charge < -0.3 is 10.2 Å². The van der Waals surface area contributed by atoms with E-state index in [1.807, 2.05) is 13.0 Å². The van der Waals surface area contributed by atoms with Gasteiger partial charge in [-0.3, -0.25) is 0 Å². The molecule has 0 fully saturated rings. The summed E-state index contributed by atoms with van der Waals surface area (Å²) in [5.41, 5.74) is 6.24. The summed E-state index contributed by atoms with van der Waals surface area (Å²) in [6, 6.07) is 8.09. The highest BCUT2D eigenvalue weighted by Gasteiger charge is 2.11. The van der Waals surface area contributed by atoms with E-state index in [1.54, 1.807) is 6.07 Å². The predicted molar refractivity (Wildman–Crippen MR) is 77.4 cm³/mol. The zero-order valence-corrected chi connectivity index (χ0v) is 11.5. The normalized spacial score (nSPS) is 13.1. The fourth-order valence-corrected chi connectivity index (χ4v) is 2.55. The number of benzene rings is 1. The third kappa shape index (κ3) is 2.72. The van der Waals surface area contributed by atoms with Crippen LogP contribution in [0.4, 0.5) is 5.82 Å². The van der Waals surface area contributed by atoms with Crippen LogP contribution in [-0.4, -0.2) is 9.97 Å². The molecule has 3 N–H and O–H groups in total. The summed E-state index contributed by atoms with van der Waals surface area (Å²) in [5, 5.41) is 0. The third-order valence-electron chi connectivity index (χ3n) is 3.49. The Balaban J connectivity index is 1.71. The van der Waals surface area contributed by atoms with Gasteiger partial charge in [0, 0.05) is 11.8 Å². The number of hydrazine groups is 1. The van der Waals surface area contributed by atoms with Crippen LogP contribution in [0, 0.1) is 6.92 Å². The van der Waals surface area contributed by atoms with E-state index in [-0.39, 0.29) is 0 Å². The molecule has 5 nitrogen and oxygen atoms in total. The highest BCUT2D eigenvalue weighted by atomic mass is 16.5. The van der Waals surface area contributed by atoms with E-state index in [9.17, 15) is 0 Å². The number of nitrogens with one attached hydrogen (secondary N) is 1. The standard InChI is InChI=1S/C15H18N4O/c1-10-7-14(19-16)18-15(17-10)9-20-13-6-5-11-3-2-4-12(11)8-13/h5-8H,2-4,9,16H2,1H3,(H,17,18,19). The molecule has 0 bridgehead atoms. The van der Waals surface area contributed by atoms with Crippen molar-refractivity contribution in [2.75, 3.05) is 5.43 Å². The Morgan fingerprint density at radius 3 is 2.90 bits per heavy atom. The van der Waals surface area contributed by atoms with Gasteiger partial charge in [0.15, 0.2) is 5.82 Å². The molecule has 3 rings (SSSR count). The minimum absolute atomic E-state index is 0.342. The molecule has 1 aliphatic rings. The van der Waals surface area contributed by atoms with Gasteiger partial charge in [0.1, 0.15) is 18.2 Å². The molecule has 0 atom stereocenters. The number of hydrogen-bond acceptors (Lipinski definition) is 5. The van der Waals surface area contributed by atoms with Crippen LogP contribution in [0.1, 0.15) is 29.1 Å². The minimum Gasteiger partial charge on any atom is -0.486 e. The summed E-state index contributed by atoms with van der Waals surface area (Å²) < 4.78 is 5.78. The van der Waals surface area contributed by atoms with Crippen molar-refractivity contribution in [2.45, 2.75) is 32.8 Å². The molecular formula is C15H18N4O. The molecule has 0 amide bonds. The van der Waals surface area contributed by atoms with Crippen LogP contribution in [-0.2, 0) is 19.4 Å². The number of ether oxygens (including phenoxy) is 1. The highest BCUT2D eigenvalue weighted by Crippen LogP contribution is 2.26. The fourth-order valence-electron chi connectivity index (χ4n) is 2.55. The lowest BCUT2D eigenvalue weighted by molar-refractivity contribution is 0.295. The molecule has 0 saturated heterocycles. The van der Waals surface area contributed by atoms with Gasteiger partial charge >= 0.3 is 0 Å². The number of nitrogens with two attached hydrogens (primary N) is 1. The molecule has 1 aliphatic carbocycles. The van der Waals surface area contributed by atoms with Gasteiger partial charge in [0.05, 0.1) is 0 Å². The van der Waals surface area contributed by atoms with Crippen LogP contribution in [0.25, 0.3) is 0 Å². The molecular weight excluding hydrogens is 252 g/mol. The molecule has 0 saturated carbocycles. The first-order chi connectivity index (χ1) is 9.74. The van der Waals surface area contributed by atoms with E-state index in [0.717, 1.165) is 17.9 Å². The number of nitrogens with zero attached hydrogens (tertiary/aromatic N) is 2. The molecule has 1 heterocycles. The van der Waals surface area contributed by atoms with Gasteiger partial charge in [-0.1, -0.05) is 6.07 Å². The van der Waals surface area contributed by atoms with Gasteiger partial charge in [0.2, 0.25) is 0 Å². The number of rotatable bonds is 4. The van der Waals surface area contributed by atoms with Crippen LogP contribution >= 0.6 is 0 Å². The molecule has 0 unspecified atom stereocenters. The van der Waals surface area contributed by atoms with Crippen molar-refractivity contribution in [3.8, 4) is 5.75 Å². The lowest BCUT2D eigenvalue weighted by atomic mass is 10.1. The first-order valence-electron chi connectivity index (χ1n) is 6.80. The van der Waals surface area contributed by atoms with Gasteiger partial charge in [-0.25, -0.2) is 15.8 Å². The second kappa shape index (κ2) is 5.46. The van der Waals surface area contributed by atoms with Crippen LogP contribution in [0.15, 0.2) is 24.3 Å². The molecule has 5 heteroatoms. The van der Waals surface area contributed by atoms with E-state index in [0.29, 0.717) is 18.2 Å². The summed E-state index contributed by atoms with van der Waals surface area (Å²) in [5.74, 6) is 7.47.